The van der Waals surface area contributed by atoms with Gasteiger partial charge in [0.2, 0.25) is 0 Å². The summed E-state index contributed by atoms with van der Waals surface area (Å²) in [6.07, 6.45) is 0. The molecule has 1 aromatic carbocycles. The largest absolute Gasteiger partial charge is 0.478 e. The molecule has 1 aromatic heterocycles. The summed E-state index contributed by atoms with van der Waals surface area (Å²) in [6.45, 7) is 6.90. The molecule has 2 rings (SSSR count). The molecule has 0 atom stereocenters. The van der Waals surface area contributed by atoms with E-state index >= 15 is 0 Å². The first-order chi connectivity index (χ1) is 8.63. The summed E-state index contributed by atoms with van der Waals surface area (Å²) >= 11 is 0. The third kappa shape index (κ3) is 2.54. The van der Waals surface area contributed by atoms with Crippen LogP contribution in [0.25, 0.3) is 11.0 Å². The van der Waals surface area contributed by atoms with Crippen LogP contribution >= 0.6 is 0 Å². The third-order valence-electron chi connectivity index (χ3n) is 3.09. The van der Waals surface area contributed by atoms with Crippen molar-refractivity contribution < 1.29 is 14.3 Å². The topological polar surface area (TPSA) is 53.7 Å². The zero-order valence-corrected chi connectivity index (χ0v) is 10.6. The van der Waals surface area contributed by atoms with E-state index in [9.17, 15) is 4.79 Å². The average Bonchev–Trinajstić information content (AvgIpc) is 2.76. The van der Waals surface area contributed by atoms with Crippen LogP contribution in [0.1, 0.15) is 30.0 Å². The number of benzene rings is 1. The summed E-state index contributed by atoms with van der Waals surface area (Å²) in [5.74, 6) is -0.0420. The first-order valence-corrected chi connectivity index (χ1v) is 6.12. The van der Waals surface area contributed by atoms with E-state index in [0.29, 0.717) is 0 Å². The number of nitrogens with zero attached hydrogens (tertiary/aromatic N) is 1. The Hall–Kier alpha value is -1.81. The van der Waals surface area contributed by atoms with Gasteiger partial charge in [0.1, 0.15) is 11.3 Å². The first-order valence-electron chi connectivity index (χ1n) is 6.12. The quantitative estimate of drug-likeness (QED) is 0.882. The van der Waals surface area contributed by atoms with E-state index in [1.165, 1.54) is 0 Å². The van der Waals surface area contributed by atoms with E-state index in [2.05, 4.69) is 18.7 Å². The van der Waals surface area contributed by atoms with Gasteiger partial charge in [-0.3, -0.25) is 4.90 Å². The highest BCUT2D eigenvalue weighted by atomic mass is 16.4. The normalized spacial score (nSPS) is 11.3. The van der Waals surface area contributed by atoms with Crippen molar-refractivity contribution in [1.29, 1.82) is 0 Å². The Labute approximate surface area is 106 Å². The molecule has 18 heavy (non-hydrogen) atoms. The molecule has 0 radical (unpaired) electrons. The predicted octanol–water partition coefficient (Wildman–Crippen LogP) is 2.97. The molecule has 0 spiro atoms. The SMILES string of the molecule is CCN(CC)Cc1cc2cc(C(=O)O)ccc2o1. The molecule has 0 unspecified atom stereocenters. The summed E-state index contributed by atoms with van der Waals surface area (Å²) in [7, 11) is 0. The van der Waals surface area contributed by atoms with Gasteiger partial charge < -0.3 is 9.52 Å². The van der Waals surface area contributed by atoms with Crippen molar-refractivity contribution in [2.24, 2.45) is 0 Å². The Bertz CT molecular complexity index is 555. The molecule has 0 aliphatic carbocycles. The van der Waals surface area contributed by atoms with Crippen LogP contribution in [0.3, 0.4) is 0 Å². The van der Waals surface area contributed by atoms with Crippen molar-refractivity contribution in [2.45, 2.75) is 20.4 Å². The van der Waals surface area contributed by atoms with Gasteiger partial charge in [0.25, 0.3) is 0 Å². The summed E-state index contributed by atoms with van der Waals surface area (Å²) in [6, 6.07) is 6.84. The van der Waals surface area contributed by atoms with Crippen molar-refractivity contribution >= 4 is 16.9 Å². The molecular weight excluding hydrogens is 230 g/mol. The number of carbonyl (C=O) groups is 1. The molecule has 0 aliphatic heterocycles. The number of aromatic carboxylic acids is 1. The van der Waals surface area contributed by atoms with Crippen molar-refractivity contribution in [3.05, 3.63) is 35.6 Å². The maximum Gasteiger partial charge on any atom is 0.335 e. The maximum absolute atomic E-state index is 10.9. The molecule has 0 bridgehead atoms. The Morgan fingerprint density at radius 1 is 1.28 bits per heavy atom. The summed E-state index contributed by atoms with van der Waals surface area (Å²) < 4.78 is 5.70. The summed E-state index contributed by atoms with van der Waals surface area (Å²) in [4.78, 5) is 13.1. The minimum absolute atomic E-state index is 0.290. The fraction of sp³-hybridized carbons (Fsp3) is 0.357. The van der Waals surface area contributed by atoms with Crippen LogP contribution in [0.15, 0.2) is 28.7 Å². The monoisotopic (exact) mass is 247 g/mol. The molecule has 4 nitrogen and oxygen atoms in total. The molecular formula is C14H17NO3. The lowest BCUT2D eigenvalue weighted by molar-refractivity contribution is 0.0697. The van der Waals surface area contributed by atoms with E-state index in [0.717, 1.165) is 36.4 Å². The van der Waals surface area contributed by atoms with Gasteiger partial charge in [-0.1, -0.05) is 13.8 Å². The molecule has 1 heterocycles. The molecule has 0 fully saturated rings. The Kier molecular flexibility index (Phi) is 3.67. The molecule has 2 aromatic rings. The van der Waals surface area contributed by atoms with Gasteiger partial charge in [-0.2, -0.15) is 0 Å². The third-order valence-corrected chi connectivity index (χ3v) is 3.09. The molecule has 4 heteroatoms. The van der Waals surface area contributed by atoms with Crippen LogP contribution in [0.2, 0.25) is 0 Å². The molecule has 0 amide bonds. The molecule has 96 valence electrons. The van der Waals surface area contributed by atoms with E-state index < -0.39 is 5.97 Å². The second-order valence-corrected chi connectivity index (χ2v) is 4.23. The Morgan fingerprint density at radius 3 is 2.61 bits per heavy atom. The standard InChI is InChI=1S/C14H17NO3/c1-3-15(4-2)9-12-8-11-7-10(14(16)17)5-6-13(11)18-12/h5-8H,3-4,9H2,1-2H3,(H,16,17). The van der Waals surface area contributed by atoms with Crippen molar-refractivity contribution in [3.63, 3.8) is 0 Å². The highest BCUT2D eigenvalue weighted by Crippen LogP contribution is 2.21. The molecule has 0 saturated heterocycles. The number of furan rings is 1. The second-order valence-electron chi connectivity index (χ2n) is 4.23. The van der Waals surface area contributed by atoms with Gasteiger partial charge in [-0.15, -0.1) is 0 Å². The average molecular weight is 247 g/mol. The zero-order chi connectivity index (χ0) is 13.1. The summed E-state index contributed by atoms with van der Waals surface area (Å²) in [5, 5.41) is 9.78. The van der Waals surface area contributed by atoms with E-state index in [4.69, 9.17) is 9.52 Å². The molecule has 0 aliphatic rings. The van der Waals surface area contributed by atoms with Crippen LogP contribution in [0.4, 0.5) is 0 Å². The van der Waals surface area contributed by atoms with E-state index in [1.807, 2.05) is 6.07 Å². The first kappa shape index (κ1) is 12.6. The van der Waals surface area contributed by atoms with Gasteiger partial charge in [0.15, 0.2) is 0 Å². The molecule has 0 saturated carbocycles. The minimum atomic E-state index is -0.914. The number of fused-ring (bicyclic) bond motifs is 1. The van der Waals surface area contributed by atoms with Crippen LogP contribution in [0.5, 0.6) is 0 Å². The number of rotatable bonds is 5. The van der Waals surface area contributed by atoms with Gasteiger partial charge in [0.05, 0.1) is 12.1 Å². The van der Waals surface area contributed by atoms with Gasteiger partial charge >= 0.3 is 5.97 Å². The van der Waals surface area contributed by atoms with Crippen LogP contribution in [-0.2, 0) is 6.54 Å². The van der Waals surface area contributed by atoms with Crippen molar-refractivity contribution in [2.75, 3.05) is 13.1 Å². The summed E-state index contributed by atoms with van der Waals surface area (Å²) in [5.41, 5.74) is 1.03. The number of hydrogen-bond donors (Lipinski definition) is 1. The van der Waals surface area contributed by atoms with Crippen LogP contribution < -0.4 is 0 Å². The van der Waals surface area contributed by atoms with Crippen molar-refractivity contribution in [1.82, 2.24) is 4.90 Å². The minimum Gasteiger partial charge on any atom is -0.478 e. The van der Waals surface area contributed by atoms with Gasteiger partial charge in [-0.05, 0) is 37.4 Å². The highest BCUT2D eigenvalue weighted by molar-refractivity contribution is 5.93. The Morgan fingerprint density at radius 2 is 2.00 bits per heavy atom. The van der Waals surface area contributed by atoms with E-state index in [-0.39, 0.29) is 5.56 Å². The predicted molar refractivity (Wildman–Crippen MR) is 69.8 cm³/mol. The fourth-order valence-electron chi connectivity index (χ4n) is 1.98. The molecule has 1 N–H and O–H groups in total. The second kappa shape index (κ2) is 5.23. The lowest BCUT2D eigenvalue weighted by Gasteiger charge is -2.15. The number of hydrogen-bond acceptors (Lipinski definition) is 3. The van der Waals surface area contributed by atoms with Gasteiger partial charge in [-0.25, -0.2) is 4.79 Å². The lowest BCUT2D eigenvalue weighted by atomic mass is 10.1. The number of carboxylic acid groups (broad SMARTS) is 1. The number of carboxylic acids is 1. The van der Waals surface area contributed by atoms with E-state index in [1.54, 1.807) is 18.2 Å². The zero-order valence-electron chi connectivity index (χ0n) is 10.6. The van der Waals surface area contributed by atoms with Crippen LogP contribution in [0, 0.1) is 0 Å². The van der Waals surface area contributed by atoms with Gasteiger partial charge in [0, 0.05) is 5.39 Å². The highest BCUT2D eigenvalue weighted by Gasteiger charge is 2.09. The Balaban J connectivity index is 2.29. The van der Waals surface area contributed by atoms with Crippen molar-refractivity contribution in [3.8, 4) is 0 Å². The lowest BCUT2D eigenvalue weighted by Crippen LogP contribution is -2.21. The maximum atomic E-state index is 10.9. The fourth-order valence-corrected chi connectivity index (χ4v) is 1.98. The van der Waals surface area contributed by atoms with Crippen LogP contribution in [-0.4, -0.2) is 29.1 Å². The smallest absolute Gasteiger partial charge is 0.335 e.